The number of phenolic OH excluding ortho intramolecular Hbond substituents is 1. The first-order chi connectivity index (χ1) is 11.1. The minimum absolute atomic E-state index is 0.0163. The highest BCUT2D eigenvalue weighted by Crippen LogP contribution is 2.38. The molecule has 2 aromatic rings. The van der Waals surface area contributed by atoms with Gasteiger partial charge in [-0.15, -0.1) is 0 Å². The lowest BCUT2D eigenvalue weighted by Crippen LogP contribution is -2.38. The SMILES string of the molecule is COc1ccc2c(c1)NC=NC2(Nc1ccc(O)c(Cl)c1)OC. The summed E-state index contributed by atoms with van der Waals surface area (Å²) >= 11 is 5.96. The fourth-order valence-corrected chi connectivity index (χ4v) is 2.60. The lowest BCUT2D eigenvalue weighted by molar-refractivity contribution is 0.0191. The number of phenols is 1. The Bertz CT molecular complexity index is 766. The molecule has 1 unspecified atom stereocenters. The molecular formula is C16H16ClN3O3. The monoisotopic (exact) mass is 333 g/mol. The van der Waals surface area contributed by atoms with Gasteiger partial charge in [-0.05, 0) is 30.3 Å². The molecule has 0 bridgehead atoms. The summed E-state index contributed by atoms with van der Waals surface area (Å²) in [6.07, 6.45) is 1.56. The highest BCUT2D eigenvalue weighted by atomic mass is 35.5. The van der Waals surface area contributed by atoms with E-state index in [1.54, 1.807) is 32.7 Å². The summed E-state index contributed by atoms with van der Waals surface area (Å²) in [6.45, 7) is 0. The number of ether oxygens (including phenoxy) is 2. The molecule has 2 aromatic carbocycles. The zero-order chi connectivity index (χ0) is 16.4. The smallest absolute Gasteiger partial charge is 0.267 e. The van der Waals surface area contributed by atoms with Crippen molar-refractivity contribution < 1.29 is 14.6 Å². The number of aliphatic imine (C=N–C) groups is 1. The van der Waals surface area contributed by atoms with E-state index in [2.05, 4.69) is 15.6 Å². The molecule has 23 heavy (non-hydrogen) atoms. The third-order valence-corrected chi connectivity index (χ3v) is 3.92. The predicted molar refractivity (Wildman–Crippen MR) is 90.5 cm³/mol. The third kappa shape index (κ3) is 2.78. The molecule has 7 heteroatoms. The molecule has 0 aromatic heterocycles. The summed E-state index contributed by atoms with van der Waals surface area (Å²) in [5.74, 6) is -0.362. The van der Waals surface area contributed by atoms with Crippen LogP contribution in [0.5, 0.6) is 11.5 Å². The maximum Gasteiger partial charge on any atom is 0.267 e. The summed E-state index contributed by atoms with van der Waals surface area (Å²) in [7, 11) is 3.17. The Hall–Kier alpha value is -2.44. The van der Waals surface area contributed by atoms with Crippen molar-refractivity contribution in [3.63, 3.8) is 0 Å². The highest BCUT2D eigenvalue weighted by Gasteiger charge is 2.36. The van der Waals surface area contributed by atoms with Crippen LogP contribution >= 0.6 is 11.6 Å². The first kappa shape index (κ1) is 15.5. The molecule has 0 amide bonds. The van der Waals surface area contributed by atoms with Gasteiger partial charge in [0.2, 0.25) is 0 Å². The number of aromatic hydroxyl groups is 1. The van der Waals surface area contributed by atoms with E-state index in [0.717, 1.165) is 17.0 Å². The Balaban J connectivity index is 2.02. The van der Waals surface area contributed by atoms with Gasteiger partial charge in [0, 0.05) is 18.9 Å². The molecule has 1 aliphatic heterocycles. The normalized spacial score (nSPS) is 18.9. The van der Waals surface area contributed by atoms with E-state index in [-0.39, 0.29) is 10.8 Å². The second-order valence-electron chi connectivity index (χ2n) is 4.95. The van der Waals surface area contributed by atoms with Gasteiger partial charge in [0.25, 0.3) is 5.85 Å². The molecule has 0 aliphatic carbocycles. The van der Waals surface area contributed by atoms with Crippen LogP contribution in [-0.2, 0) is 10.6 Å². The van der Waals surface area contributed by atoms with Crippen molar-refractivity contribution in [2.45, 2.75) is 5.85 Å². The van der Waals surface area contributed by atoms with Gasteiger partial charge in [0.1, 0.15) is 11.5 Å². The van der Waals surface area contributed by atoms with Crippen molar-refractivity contribution in [3.8, 4) is 11.5 Å². The van der Waals surface area contributed by atoms with Gasteiger partial charge < -0.3 is 25.2 Å². The Kier molecular flexibility index (Phi) is 4.02. The van der Waals surface area contributed by atoms with Crippen LogP contribution in [0.4, 0.5) is 11.4 Å². The number of nitrogens with zero attached hydrogens (tertiary/aromatic N) is 1. The van der Waals surface area contributed by atoms with Crippen molar-refractivity contribution in [1.29, 1.82) is 0 Å². The van der Waals surface area contributed by atoms with E-state index in [9.17, 15) is 5.11 Å². The Morgan fingerprint density at radius 3 is 2.74 bits per heavy atom. The molecule has 3 N–H and O–H groups in total. The largest absolute Gasteiger partial charge is 0.506 e. The Morgan fingerprint density at radius 2 is 2.04 bits per heavy atom. The minimum Gasteiger partial charge on any atom is -0.506 e. The maximum atomic E-state index is 9.54. The highest BCUT2D eigenvalue weighted by molar-refractivity contribution is 6.32. The molecular weight excluding hydrogens is 318 g/mol. The van der Waals surface area contributed by atoms with Crippen LogP contribution in [0.25, 0.3) is 0 Å². The molecule has 0 radical (unpaired) electrons. The quantitative estimate of drug-likeness (QED) is 0.591. The number of rotatable bonds is 4. The van der Waals surface area contributed by atoms with Crippen LogP contribution in [0.2, 0.25) is 5.02 Å². The summed E-state index contributed by atoms with van der Waals surface area (Å²) in [6, 6.07) is 10.4. The number of methoxy groups -OCH3 is 2. The van der Waals surface area contributed by atoms with E-state index < -0.39 is 5.85 Å². The molecule has 0 fully saturated rings. The van der Waals surface area contributed by atoms with Gasteiger partial charge in [-0.3, -0.25) is 0 Å². The summed E-state index contributed by atoms with van der Waals surface area (Å²) in [5, 5.41) is 16.1. The van der Waals surface area contributed by atoms with Crippen LogP contribution in [0, 0.1) is 0 Å². The van der Waals surface area contributed by atoms with Gasteiger partial charge in [0.05, 0.1) is 29.7 Å². The fraction of sp³-hybridized carbons (Fsp3) is 0.188. The summed E-state index contributed by atoms with van der Waals surface area (Å²) < 4.78 is 10.9. The molecule has 120 valence electrons. The van der Waals surface area contributed by atoms with E-state index in [1.807, 2.05) is 18.2 Å². The van der Waals surface area contributed by atoms with Crippen molar-refractivity contribution in [1.82, 2.24) is 0 Å². The van der Waals surface area contributed by atoms with Crippen LogP contribution in [-0.4, -0.2) is 25.7 Å². The van der Waals surface area contributed by atoms with Crippen LogP contribution in [0.1, 0.15) is 5.56 Å². The molecule has 0 saturated carbocycles. The van der Waals surface area contributed by atoms with Crippen molar-refractivity contribution in [2.24, 2.45) is 4.99 Å². The summed E-state index contributed by atoms with van der Waals surface area (Å²) in [5.41, 5.74) is 2.28. The van der Waals surface area contributed by atoms with Crippen molar-refractivity contribution in [2.75, 3.05) is 24.9 Å². The molecule has 0 saturated heterocycles. The zero-order valence-corrected chi connectivity index (χ0v) is 13.4. The lowest BCUT2D eigenvalue weighted by atomic mass is 10.1. The number of benzene rings is 2. The molecule has 3 rings (SSSR count). The van der Waals surface area contributed by atoms with Gasteiger partial charge >= 0.3 is 0 Å². The number of hydrogen-bond acceptors (Lipinski definition) is 6. The molecule has 0 spiro atoms. The first-order valence-electron chi connectivity index (χ1n) is 6.88. The lowest BCUT2D eigenvalue weighted by Gasteiger charge is -2.34. The second-order valence-corrected chi connectivity index (χ2v) is 5.36. The van der Waals surface area contributed by atoms with Gasteiger partial charge in [0.15, 0.2) is 0 Å². The average molecular weight is 334 g/mol. The number of fused-ring (bicyclic) bond motifs is 1. The number of nitrogens with one attached hydrogen (secondary N) is 2. The van der Waals surface area contributed by atoms with E-state index in [4.69, 9.17) is 21.1 Å². The maximum absolute atomic E-state index is 9.54. The fourth-order valence-electron chi connectivity index (χ4n) is 2.42. The van der Waals surface area contributed by atoms with Crippen LogP contribution in [0.3, 0.4) is 0 Å². The molecule has 1 aliphatic rings. The minimum atomic E-state index is -1.10. The first-order valence-corrected chi connectivity index (χ1v) is 7.26. The Labute approximate surface area is 138 Å². The molecule has 6 nitrogen and oxygen atoms in total. The zero-order valence-electron chi connectivity index (χ0n) is 12.6. The molecule has 1 atom stereocenters. The second kappa shape index (κ2) is 5.98. The predicted octanol–water partition coefficient (Wildman–Crippen LogP) is 3.38. The standard InChI is InChI=1S/C16H16ClN3O3/c1-22-11-4-5-12-14(8-11)18-9-19-16(12,23-2)20-10-3-6-15(21)13(17)7-10/h3-9,20-21H,1-2H3,(H,18,19). The summed E-state index contributed by atoms with van der Waals surface area (Å²) in [4.78, 5) is 4.41. The van der Waals surface area contributed by atoms with Gasteiger partial charge in [-0.2, -0.15) is 0 Å². The van der Waals surface area contributed by atoms with Crippen LogP contribution in [0.15, 0.2) is 41.4 Å². The van der Waals surface area contributed by atoms with Crippen molar-refractivity contribution >= 4 is 29.3 Å². The van der Waals surface area contributed by atoms with E-state index in [1.165, 1.54) is 6.07 Å². The van der Waals surface area contributed by atoms with E-state index in [0.29, 0.717) is 5.69 Å². The van der Waals surface area contributed by atoms with Crippen LogP contribution < -0.4 is 15.4 Å². The Morgan fingerprint density at radius 1 is 1.22 bits per heavy atom. The molecule has 1 heterocycles. The van der Waals surface area contributed by atoms with Gasteiger partial charge in [-0.1, -0.05) is 11.6 Å². The average Bonchev–Trinajstić information content (AvgIpc) is 2.58. The number of hydrogen-bond donors (Lipinski definition) is 3. The number of halogens is 1. The third-order valence-electron chi connectivity index (χ3n) is 3.62. The van der Waals surface area contributed by atoms with E-state index >= 15 is 0 Å². The topological polar surface area (TPSA) is 75.1 Å². The van der Waals surface area contributed by atoms with Gasteiger partial charge in [-0.25, -0.2) is 4.99 Å². The number of anilines is 2. The van der Waals surface area contributed by atoms with Crippen molar-refractivity contribution in [3.05, 3.63) is 47.0 Å².